The summed E-state index contributed by atoms with van der Waals surface area (Å²) in [6.45, 7) is 6.99. The van der Waals surface area contributed by atoms with Gasteiger partial charge in [-0.15, -0.1) is 0 Å². The van der Waals surface area contributed by atoms with Crippen LogP contribution in [0.1, 0.15) is 29.1 Å². The molecule has 0 bridgehead atoms. The zero-order valence-electron chi connectivity index (χ0n) is 13.6. The van der Waals surface area contributed by atoms with E-state index in [0.717, 1.165) is 43.0 Å². The molecule has 1 atom stereocenters. The van der Waals surface area contributed by atoms with Crippen LogP contribution >= 0.6 is 0 Å². The monoisotopic (exact) mass is 301 g/mol. The fourth-order valence-electron chi connectivity index (χ4n) is 3.24. The molecule has 1 aliphatic heterocycles. The zero-order valence-corrected chi connectivity index (χ0v) is 13.6. The molecule has 0 radical (unpaired) electrons. The zero-order chi connectivity index (χ0) is 15.7. The van der Waals surface area contributed by atoms with Crippen LogP contribution in [0.25, 0.3) is 0 Å². The van der Waals surface area contributed by atoms with Gasteiger partial charge >= 0.3 is 0 Å². The Morgan fingerprint density at radius 2 is 2.14 bits per heavy atom. The molecule has 2 heterocycles. The van der Waals surface area contributed by atoms with E-state index >= 15 is 0 Å². The number of hydrogen-bond donors (Lipinski definition) is 0. The first-order valence-electron chi connectivity index (χ1n) is 7.97. The van der Waals surface area contributed by atoms with Crippen LogP contribution < -0.4 is 0 Å². The number of benzene rings is 1. The number of hydrogen-bond acceptors (Lipinski definition) is 2. The number of rotatable bonds is 4. The maximum absolute atomic E-state index is 13.6. The van der Waals surface area contributed by atoms with Crippen molar-refractivity contribution in [3.8, 4) is 0 Å². The van der Waals surface area contributed by atoms with Gasteiger partial charge in [-0.25, -0.2) is 9.37 Å². The quantitative estimate of drug-likeness (QED) is 0.864. The summed E-state index contributed by atoms with van der Waals surface area (Å²) in [6, 6.07) is 5.64. The van der Waals surface area contributed by atoms with Gasteiger partial charge in [-0.05, 0) is 56.3 Å². The van der Waals surface area contributed by atoms with Crippen LogP contribution in [0.4, 0.5) is 4.39 Å². The van der Waals surface area contributed by atoms with Gasteiger partial charge in [0.25, 0.3) is 0 Å². The van der Waals surface area contributed by atoms with Crippen LogP contribution in [0, 0.1) is 25.6 Å². The highest BCUT2D eigenvalue weighted by molar-refractivity contribution is 5.23. The largest absolute Gasteiger partial charge is 0.334 e. The van der Waals surface area contributed by atoms with E-state index in [-0.39, 0.29) is 5.82 Å². The van der Waals surface area contributed by atoms with Gasteiger partial charge < -0.3 is 4.57 Å². The molecule has 0 amide bonds. The molecule has 3 rings (SSSR count). The molecule has 22 heavy (non-hydrogen) atoms. The topological polar surface area (TPSA) is 21.1 Å². The minimum Gasteiger partial charge on any atom is -0.334 e. The summed E-state index contributed by atoms with van der Waals surface area (Å²) < 4.78 is 15.8. The van der Waals surface area contributed by atoms with Gasteiger partial charge in [0, 0.05) is 26.3 Å². The second-order valence-corrected chi connectivity index (χ2v) is 6.53. The third-order valence-electron chi connectivity index (χ3n) is 4.83. The van der Waals surface area contributed by atoms with Gasteiger partial charge in [0.05, 0.1) is 5.69 Å². The highest BCUT2D eigenvalue weighted by atomic mass is 19.1. The Hall–Kier alpha value is -1.68. The molecule has 0 N–H and O–H groups in total. The molecule has 1 aromatic heterocycles. The number of aromatic nitrogens is 2. The number of likely N-dealkylation sites (tertiary alicyclic amines) is 1. The second kappa shape index (κ2) is 6.21. The summed E-state index contributed by atoms with van der Waals surface area (Å²) in [6.07, 6.45) is 4.13. The average Bonchev–Trinajstić information content (AvgIpc) is 3.05. The molecule has 1 fully saturated rings. The molecule has 3 nitrogen and oxygen atoms in total. The summed E-state index contributed by atoms with van der Waals surface area (Å²) in [5, 5.41) is 0. The SMILES string of the molecule is Cc1ccc(CC2CCN(Cc3cnc(C)n3C)C2)cc1F. The fraction of sp³-hybridized carbons (Fsp3) is 0.500. The first-order valence-corrected chi connectivity index (χ1v) is 7.97. The lowest BCUT2D eigenvalue weighted by Gasteiger charge is -2.16. The van der Waals surface area contributed by atoms with Crippen LogP contribution in [0.3, 0.4) is 0 Å². The van der Waals surface area contributed by atoms with Crippen LogP contribution in [-0.2, 0) is 20.0 Å². The molecule has 0 spiro atoms. The van der Waals surface area contributed by atoms with E-state index in [9.17, 15) is 4.39 Å². The molecule has 2 aromatic rings. The van der Waals surface area contributed by atoms with Gasteiger partial charge in [0.2, 0.25) is 0 Å². The van der Waals surface area contributed by atoms with Crippen LogP contribution in [0.15, 0.2) is 24.4 Å². The Kier molecular flexibility index (Phi) is 4.30. The summed E-state index contributed by atoms with van der Waals surface area (Å²) in [4.78, 5) is 6.84. The second-order valence-electron chi connectivity index (χ2n) is 6.53. The van der Waals surface area contributed by atoms with E-state index in [1.165, 1.54) is 12.1 Å². The number of nitrogens with zero attached hydrogens (tertiary/aromatic N) is 3. The Labute approximate surface area is 131 Å². The molecule has 1 unspecified atom stereocenters. The van der Waals surface area contributed by atoms with Gasteiger partial charge in [-0.2, -0.15) is 0 Å². The third-order valence-corrected chi connectivity index (χ3v) is 4.83. The minimum absolute atomic E-state index is 0.0855. The van der Waals surface area contributed by atoms with E-state index in [4.69, 9.17) is 0 Å². The Morgan fingerprint density at radius 3 is 2.82 bits per heavy atom. The molecule has 0 aliphatic carbocycles. The van der Waals surface area contributed by atoms with Crippen molar-refractivity contribution in [3.05, 3.63) is 52.9 Å². The Bertz CT molecular complexity index is 662. The highest BCUT2D eigenvalue weighted by Gasteiger charge is 2.23. The summed E-state index contributed by atoms with van der Waals surface area (Å²) in [5.74, 6) is 1.59. The third kappa shape index (κ3) is 3.22. The maximum atomic E-state index is 13.6. The number of halogens is 1. The molecular formula is C18H24FN3. The standard InChI is InChI=1S/C18H24FN3/c1-13-4-5-15(9-18(13)19)8-16-6-7-22(11-16)12-17-10-20-14(2)21(17)3/h4-5,9-10,16H,6-8,11-12H2,1-3H3. The molecule has 4 heteroatoms. The normalized spacial score (nSPS) is 19.0. The first-order chi connectivity index (χ1) is 10.5. The molecular weight excluding hydrogens is 277 g/mol. The van der Waals surface area contributed by atoms with Crippen LogP contribution in [0.2, 0.25) is 0 Å². The van der Waals surface area contributed by atoms with Crippen molar-refractivity contribution in [2.24, 2.45) is 13.0 Å². The highest BCUT2D eigenvalue weighted by Crippen LogP contribution is 2.23. The smallest absolute Gasteiger partial charge is 0.126 e. The van der Waals surface area contributed by atoms with Crippen LogP contribution in [0.5, 0.6) is 0 Å². The van der Waals surface area contributed by atoms with E-state index in [1.807, 2.05) is 26.1 Å². The molecule has 1 aromatic carbocycles. The van der Waals surface area contributed by atoms with E-state index in [1.54, 1.807) is 6.07 Å². The van der Waals surface area contributed by atoms with Crippen molar-refractivity contribution in [1.29, 1.82) is 0 Å². The summed E-state index contributed by atoms with van der Waals surface area (Å²) in [5.41, 5.74) is 3.11. The van der Waals surface area contributed by atoms with Crippen molar-refractivity contribution >= 4 is 0 Å². The van der Waals surface area contributed by atoms with Crippen LogP contribution in [-0.4, -0.2) is 27.5 Å². The van der Waals surface area contributed by atoms with Gasteiger partial charge in [-0.1, -0.05) is 12.1 Å². The lowest BCUT2D eigenvalue weighted by molar-refractivity contribution is 0.309. The minimum atomic E-state index is -0.0855. The average molecular weight is 301 g/mol. The molecule has 118 valence electrons. The maximum Gasteiger partial charge on any atom is 0.126 e. The fourth-order valence-corrected chi connectivity index (χ4v) is 3.24. The van der Waals surface area contributed by atoms with E-state index < -0.39 is 0 Å². The van der Waals surface area contributed by atoms with E-state index in [2.05, 4.69) is 27.6 Å². The van der Waals surface area contributed by atoms with Crippen molar-refractivity contribution in [2.45, 2.75) is 33.2 Å². The first kappa shape index (κ1) is 15.2. The van der Waals surface area contributed by atoms with Gasteiger partial charge in [-0.3, -0.25) is 4.90 Å². The van der Waals surface area contributed by atoms with Crippen molar-refractivity contribution in [1.82, 2.24) is 14.5 Å². The lowest BCUT2D eigenvalue weighted by atomic mass is 9.98. The molecule has 1 saturated heterocycles. The Balaban J connectivity index is 1.58. The predicted octanol–water partition coefficient (Wildman–Crippen LogP) is 3.24. The number of aryl methyl sites for hydroxylation is 2. The lowest BCUT2D eigenvalue weighted by Crippen LogP contribution is -2.22. The van der Waals surface area contributed by atoms with Crippen molar-refractivity contribution in [3.63, 3.8) is 0 Å². The van der Waals surface area contributed by atoms with Gasteiger partial charge in [0.1, 0.15) is 11.6 Å². The van der Waals surface area contributed by atoms with Crippen molar-refractivity contribution < 1.29 is 4.39 Å². The summed E-state index contributed by atoms with van der Waals surface area (Å²) >= 11 is 0. The predicted molar refractivity (Wildman–Crippen MR) is 86.2 cm³/mol. The summed E-state index contributed by atoms with van der Waals surface area (Å²) in [7, 11) is 2.07. The number of imidazole rings is 1. The van der Waals surface area contributed by atoms with E-state index in [0.29, 0.717) is 5.92 Å². The Morgan fingerprint density at radius 1 is 1.32 bits per heavy atom. The molecule has 0 saturated carbocycles. The van der Waals surface area contributed by atoms with Gasteiger partial charge in [0.15, 0.2) is 0 Å². The molecule has 1 aliphatic rings. The van der Waals surface area contributed by atoms with Crippen molar-refractivity contribution in [2.75, 3.05) is 13.1 Å².